The molecule has 0 radical (unpaired) electrons. The van der Waals surface area contributed by atoms with Crippen molar-refractivity contribution < 1.29 is 0 Å². The van der Waals surface area contributed by atoms with Crippen molar-refractivity contribution >= 4 is 72.3 Å². The van der Waals surface area contributed by atoms with E-state index in [1.54, 1.807) is 11.1 Å². The zero-order valence-electron chi connectivity index (χ0n) is 53.2. The molecule has 4 fully saturated rings. The molecule has 0 unspecified atom stereocenters. The normalized spacial score (nSPS) is 23.2. The lowest BCUT2D eigenvalue weighted by Crippen LogP contribution is -2.60. The molecule has 0 atom stereocenters. The lowest BCUT2D eigenvalue weighted by Gasteiger charge is -2.61. The Hall–Kier alpha value is -5.84. The molecule has 4 heteroatoms. The second-order valence-corrected chi connectivity index (χ2v) is 34.2. The summed E-state index contributed by atoms with van der Waals surface area (Å²) in [7, 11) is 0. The Morgan fingerprint density at radius 3 is 1.81 bits per heavy atom. The summed E-state index contributed by atoms with van der Waals surface area (Å²) in [5, 5.41) is 5.86. The molecule has 0 saturated heterocycles. The van der Waals surface area contributed by atoms with E-state index in [4.69, 9.17) is 0 Å². The van der Waals surface area contributed by atoms with Gasteiger partial charge in [0, 0.05) is 48.6 Å². The maximum atomic E-state index is 4.48. The summed E-state index contributed by atoms with van der Waals surface area (Å²) < 4.78 is 2.84. The zero-order valence-corrected chi connectivity index (χ0v) is 54.0. The van der Waals surface area contributed by atoms with Crippen LogP contribution in [0.2, 0.25) is 0 Å². The fourth-order valence-corrected chi connectivity index (χ4v) is 19.5. The lowest BCUT2D eigenvalue weighted by atomic mass is 9.35. The monoisotopic (exact) mass is 1110 g/mol. The fraction of sp³-hybridized carbons (Fsp3) is 0.443. The van der Waals surface area contributed by atoms with Gasteiger partial charge >= 0.3 is 0 Å². The minimum absolute atomic E-state index is 0.0105. The van der Waals surface area contributed by atoms with Crippen molar-refractivity contribution in [1.82, 2.24) is 0 Å². The number of thiophene rings is 1. The molecule has 83 heavy (non-hydrogen) atoms. The highest BCUT2D eigenvalue weighted by molar-refractivity contribution is 7.33. The first kappa shape index (κ1) is 53.9. The Bertz CT molecular complexity index is 4030. The van der Waals surface area contributed by atoms with Gasteiger partial charge in [-0.3, -0.25) is 0 Å². The summed E-state index contributed by atoms with van der Waals surface area (Å²) in [6.45, 7) is 41.2. The average molecular weight is 1110 g/mol. The van der Waals surface area contributed by atoms with Gasteiger partial charge in [-0.15, -0.1) is 11.3 Å². The van der Waals surface area contributed by atoms with Gasteiger partial charge in [0.1, 0.15) is 0 Å². The molecule has 4 bridgehead atoms. The molecule has 1 aromatic heterocycles. The Morgan fingerprint density at radius 1 is 0.542 bits per heavy atom. The van der Waals surface area contributed by atoms with Crippen molar-refractivity contribution in [1.29, 1.82) is 0 Å². The highest BCUT2D eigenvalue weighted by Crippen LogP contribution is 2.70. The second-order valence-electron chi connectivity index (χ2n) is 33.1. The van der Waals surface area contributed by atoms with E-state index in [0.717, 1.165) is 24.7 Å². The number of fused-ring (bicyclic) bond motifs is 10. The molecule has 1 spiro atoms. The van der Waals surface area contributed by atoms with Gasteiger partial charge in [0.15, 0.2) is 0 Å². The maximum Gasteiger partial charge on any atom is 0.264 e. The predicted molar refractivity (Wildman–Crippen MR) is 360 cm³/mol. The first-order valence-electron chi connectivity index (χ1n) is 32.1. The molecular weight excluding hydrogens is 1020 g/mol. The standard InChI is InChI=1S/C79H89BN2S/c1-44-30-64-69-65(31-44)82(54-24-26-56-55-20-18-19-21-60(55)79(61(56)42-54)52-33-45-32-46(35-52)36-53(79)34-45)71-59-41-49(74(5,6)7)23-27-66(59)83-72(71)80(69)63-43-62-68(78(16,17)29-28-77(62,14)15)67(70(63)81-64)57-25-22-48(73(2,3)4)40-58(57)47-37-50(75(8,9)10)39-51(38-47)76(11,12)13/h18-27,30-31,37-43,45-46,52-53,81H,28-29,32-36H2,1-17H3. The number of nitrogens with zero attached hydrogens (tertiary/aromatic N) is 1. The molecule has 8 aromatic rings. The number of anilines is 5. The van der Waals surface area contributed by atoms with Crippen LogP contribution in [0.25, 0.3) is 43.5 Å². The van der Waals surface area contributed by atoms with Crippen molar-refractivity contribution in [3.05, 3.63) is 165 Å². The zero-order chi connectivity index (χ0) is 58.2. The van der Waals surface area contributed by atoms with Gasteiger partial charge in [0.2, 0.25) is 0 Å². The van der Waals surface area contributed by atoms with Crippen LogP contribution >= 0.6 is 11.3 Å². The Labute approximate surface area is 502 Å². The van der Waals surface area contributed by atoms with Crippen LogP contribution in [-0.4, -0.2) is 6.71 Å². The van der Waals surface area contributed by atoms with Gasteiger partial charge in [-0.2, -0.15) is 0 Å². The van der Waals surface area contributed by atoms with E-state index in [2.05, 4.69) is 255 Å². The molecular formula is C79H89BN2S. The number of benzene rings is 7. The number of aryl methyl sites for hydroxylation is 1. The van der Waals surface area contributed by atoms with Crippen LogP contribution in [0.15, 0.2) is 115 Å². The number of rotatable bonds is 3. The molecule has 7 aromatic carbocycles. The van der Waals surface area contributed by atoms with Gasteiger partial charge in [0.25, 0.3) is 6.71 Å². The van der Waals surface area contributed by atoms with E-state index in [9.17, 15) is 0 Å². The minimum Gasteiger partial charge on any atom is -0.356 e. The Kier molecular flexibility index (Phi) is 11.3. The van der Waals surface area contributed by atoms with E-state index in [-0.39, 0.29) is 44.6 Å². The molecule has 16 rings (SSSR count). The van der Waals surface area contributed by atoms with E-state index in [0.29, 0.717) is 11.8 Å². The highest BCUT2D eigenvalue weighted by atomic mass is 32.1. The summed E-state index contributed by atoms with van der Waals surface area (Å²) in [4.78, 5) is 2.79. The molecule has 2 aliphatic heterocycles. The molecule has 1 N–H and O–H groups in total. The van der Waals surface area contributed by atoms with E-state index in [1.807, 2.05) is 0 Å². The fourth-order valence-electron chi connectivity index (χ4n) is 18.2. The summed E-state index contributed by atoms with van der Waals surface area (Å²) >= 11 is 2.06. The second kappa shape index (κ2) is 17.4. The summed E-state index contributed by atoms with van der Waals surface area (Å²) in [6.07, 6.45) is 9.26. The molecule has 0 amide bonds. The number of hydrogen-bond acceptors (Lipinski definition) is 3. The van der Waals surface area contributed by atoms with Gasteiger partial charge in [-0.25, -0.2) is 0 Å². The Morgan fingerprint density at radius 2 is 1.14 bits per heavy atom. The first-order chi connectivity index (χ1) is 39.0. The van der Waals surface area contributed by atoms with Crippen molar-refractivity contribution in [2.24, 2.45) is 23.7 Å². The third-order valence-corrected chi connectivity index (χ3v) is 23.7. The van der Waals surface area contributed by atoms with Crippen LogP contribution in [0.3, 0.4) is 0 Å². The first-order valence-corrected chi connectivity index (χ1v) is 32.9. The van der Waals surface area contributed by atoms with Crippen LogP contribution in [0.5, 0.6) is 0 Å². The van der Waals surface area contributed by atoms with Crippen LogP contribution in [-0.2, 0) is 37.9 Å². The smallest absolute Gasteiger partial charge is 0.264 e. The van der Waals surface area contributed by atoms with Crippen LogP contribution < -0.4 is 25.9 Å². The van der Waals surface area contributed by atoms with Crippen molar-refractivity contribution in [3.63, 3.8) is 0 Å². The predicted octanol–water partition coefficient (Wildman–Crippen LogP) is 20.2. The maximum absolute atomic E-state index is 4.48. The largest absolute Gasteiger partial charge is 0.356 e. The minimum atomic E-state index is -0.0733. The lowest BCUT2D eigenvalue weighted by molar-refractivity contribution is -0.0399. The van der Waals surface area contributed by atoms with E-state index < -0.39 is 0 Å². The Balaban J connectivity index is 1.03. The SMILES string of the molecule is Cc1cc2c3c(c1)N(c1ccc4c(c1)C1(c5ccccc5-4)C4CC5CC(C4)CC1C5)c1c(sc4ccc(C(C)(C)C)cc14)B3c1cc3c(c(-c4ccc(C(C)(C)C)cc4-c4cc(C(C)(C)C)cc(C(C)(C)C)c4)c1N2)C(C)(C)CCC3(C)C. The molecule has 424 valence electrons. The van der Waals surface area contributed by atoms with Gasteiger partial charge < -0.3 is 10.2 Å². The summed E-state index contributed by atoms with van der Waals surface area (Å²) in [5.74, 6) is 3.18. The number of hydrogen-bond donors (Lipinski definition) is 1. The molecule has 8 aliphatic rings. The van der Waals surface area contributed by atoms with Gasteiger partial charge in [0.05, 0.1) is 5.69 Å². The topological polar surface area (TPSA) is 15.3 Å². The van der Waals surface area contributed by atoms with Crippen molar-refractivity contribution in [2.45, 2.75) is 201 Å². The summed E-state index contributed by atoms with van der Waals surface area (Å²) in [5.41, 5.74) is 30.7. The molecule has 4 saturated carbocycles. The number of nitrogens with one attached hydrogen (secondary N) is 1. The third kappa shape index (κ3) is 7.84. The highest BCUT2D eigenvalue weighted by Gasteiger charge is 2.62. The molecule has 2 nitrogen and oxygen atoms in total. The van der Waals surface area contributed by atoms with Gasteiger partial charge in [-0.1, -0.05) is 184 Å². The average Bonchev–Trinajstić information content (AvgIpc) is 1.85. The van der Waals surface area contributed by atoms with E-state index in [1.165, 1.54) is 159 Å². The molecule has 3 heterocycles. The van der Waals surface area contributed by atoms with E-state index >= 15 is 0 Å². The van der Waals surface area contributed by atoms with Gasteiger partial charge in [-0.05, 0) is 239 Å². The van der Waals surface area contributed by atoms with Crippen molar-refractivity contribution in [2.75, 3.05) is 10.2 Å². The molecule has 6 aliphatic carbocycles. The van der Waals surface area contributed by atoms with Crippen molar-refractivity contribution in [3.8, 4) is 33.4 Å². The van der Waals surface area contributed by atoms with Crippen LogP contribution in [0, 0.1) is 30.6 Å². The third-order valence-electron chi connectivity index (χ3n) is 22.5. The van der Waals surface area contributed by atoms with Crippen LogP contribution in [0.1, 0.15) is 206 Å². The summed E-state index contributed by atoms with van der Waals surface area (Å²) in [6, 6.07) is 48.0. The quantitative estimate of drug-likeness (QED) is 0.177. The van der Waals surface area contributed by atoms with Crippen LogP contribution in [0.4, 0.5) is 28.4 Å².